The van der Waals surface area contributed by atoms with Gasteiger partial charge in [0.2, 0.25) is 5.69 Å². The third kappa shape index (κ3) is 3.94. The molecular weight excluding hydrogens is 376 g/mol. The molecule has 0 aliphatic heterocycles. The minimum atomic E-state index is -0.248. The maximum absolute atomic E-state index is 12.1. The van der Waals surface area contributed by atoms with E-state index in [4.69, 9.17) is 4.74 Å². The first-order valence-corrected chi connectivity index (χ1v) is 8.07. The molecule has 0 fully saturated rings. The fourth-order valence-corrected chi connectivity index (χ4v) is 2.48. The monoisotopic (exact) mass is 395 g/mol. The molecule has 0 spiro atoms. The highest BCUT2D eigenvalue weighted by molar-refractivity contribution is 9.10. The first-order valence-electron chi connectivity index (χ1n) is 7.28. The van der Waals surface area contributed by atoms with Gasteiger partial charge in [0.05, 0.1) is 18.5 Å². The van der Waals surface area contributed by atoms with Crippen LogP contribution in [0.5, 0.6) is 11.5 Å². The molecule has 0 radical (unpaired) electrons. The molecular formula is C16H20BrN4O3+. The van der Waals surface area contributed by atoms with Crippen LogP contribution in [0.25, 0.3) is 0 Å². The number of halogens is 1. The van der Waals surface area contributed by atoms with Crippen LogP contribution in [-0.4, -0.2) is 28.9 Å². The molecule has 1 amide bonds. The second kappa shape index (κ2) is 7.48. The van der Waals surface area contributed by atoms with E-state index in [1.165, 1.54) is 13.2 Å². The molecule has 0 unspecified atom stereocenters. The number of hydrogen-bond donors (Lipinski definition) is 3. The van der Waals surface area contributed by atoms with Crippen molar-refractivity contribution >= 4 is 27.5 Å². The number of amides is 1. The van der Waals surface area contributed by atoms with Crippen molar-refractivity contribution in [2.75, 3.05) is 7.11 Å². The number of H-pyrrole nitrogens is 1. The summed E-state index contributed by atoms with van der Waals surface area (Å²) < 4.78 is 7.75. The molecule has 7 nitrogen and oxygen atoms in total. The maximum atomic E-state index is 12.1. The molecule has 2 rings (SSSR count). The Kier molecular flexibility index (Phi) is 5.61. The highest BCUT2D eigenvalue weighted by Gasteiger charge is 2.19. The topological polar surface area (TPSA) is 90.6 Å². The van der Waals surface area contributed by atoms with Crippen LogP contribution in [0.4, 0.5) is 0 Å². The summed E-state index contributed by atoms with van der Waals surface area (Å²) in [6.45, 7) is 5.73. The minimum Gasteiger partial charge on any atom is -0.504 e. The fourth-order valence-electron chi connectivity index (χ4n) is 2.18. The van der Waals surface area contributed by atoms with Gasteiger partial charge in [0.15, 0.2) is 11.5 Å². The summed E-state index contributed by atoms with van der Waals surface area (Å²) in [7, 11) is 1.48. The lowest BCUT2D eigenvalue weighted by molar-refractivity contribution is -0.744. The van der Waals surface area contributed by atoms with Gasteiger partial charge in [-0.1, -0.05) is 0 Å². The third-order valence-electron chi connectivity index (χ3n) is 3.60. The largest absolute Gasteiger partial charge is 0.504 e. The zero-order valence-electron chi connectivity index (χ0n) is 14.0. The van der Waals surface area contributed by atoms with Crippen LogP contribution < -0.4 is 14.8 Å². The molecule has 24 heavy (non-hydrogen) atoms. The minimum absolute atomic E-state index is 0.0534. The lowest BCUT2D eigenvalue weighted by Gasteiger charge is -2.06. The van der Waals surface area contributed by atoms with Gasteiger partial charge in [-0.15, -0.1) is 4.68 Å². The van der Waals surface area contributed by atoms with E-state index < -0.39 is 0 Å². The van der Waals surface area contributed by atoms with E-state index in [9.17, 15) is 9.90 Å². The number of aromatic hydroxyl groups is 1. The summed E-state index contributed by atoms with van der Waals surface area (Å²) in [5.74, 6) is 0.158. The normalized spacial score (nSPS) is 11.5. The molecule has 2 aromatic rings. The summed E-state index contributed by atoms with van der Waals surface area (Å²) in [5.41, 5.74) is 5.77. The fraction of sp³-hybridized carbons (Fsp3) is 0.312. The number of methoxy groups -OCH3 is 1. The average Bonchev–Trinajstić information content (AvgIpc) is 2.80. The molecule has 8 heteroatoms. The zero-order valence-corrected chi connectivity index (χ0v) is 15.6. The predicted molar refractivity (Wildman–Crippen MR) is 93.2 cm³/mol. The van der Waals surface area contributed by atoms with Crippen LogP contribution in [0.2, 0.25) is 0 Å². The Morgan fingerprint density at radius 2 is 2.17 bits per heavy atom. The third-order valence-corrected chi connectivity index (χ3v) is 4.77. The lowest BCUT2D eigenvalue weighted by Crippen LogP contribution is -2.45. The number of rotatable bonds is 5. The van der Waals surface area contributed by atoms with Gasteiger partial charge >= 0.3 is 5.91 Å². The van der Waals surface area contributed by atoms with E-state index in [-0.39, 0.29) is 18.2 Å². The van der Waals surface area contributed by atoms with Crippen molar-refractivity contribution in [2.45, 2.75) is 27.3 Å². The van der Waals surface area contributed by atoms with Crippen LogP contribution in [0, 0.1) is 13.8 Å². The molecule has 0 saturated heterocycles. The van der Waals surface area contributed by atoms with Gasteiger partial charge in [-0.05, 0) is 48.0 Å². The van der Waals surface area contributed by atoms with Gasteiger partial charge in [-0.3, -0.25) is 4.79 Å². The molecule has 3 N–H and O–H groups in total. The number of carbonyl (C=O) groups is 1. The van der Waals surface area contributed by atoms with Crippen molar-refractivity contribution in [1.82, 2.24) is 10.5 Å². The SMILES string of the molecule is COc1cc(C(C)=NNC(=O)C[n+]2[nH]c(C)c(Br)c2C)ccc1O. The summed E-state index contributed by atoms with van der Waals surface area (Å²) in [6.07, 6.45) is 0. The van der Waals surface area contributed by atoms with Crippen molar-refractivity contribution < 1.29 is 19.3 Å². The van der Waals surface area contributed by atoms with E-state index in [0.717, 1.165) is 21.4 Å². The smallest absolute Gasteiger partial charge is 0.308 e. The quantitative estimate of drug-likeness (QED) is 0.410. The number of benzene rings is 1. The zero-order chi connectivity index (χ0) is 17.9. The number of hydrazone groups is 1. The number of aromatic amines is 1. The summed E-state index contributed by atoms with van der Waals surface area (Å²) in [5, 5.41) is 16.8. The van der Waals surface area contributed by atoms with Crippen molar-refractivity contribution in [1.29, 1.82) is 0 Å². The highest BCUT2D eigenvalue weighted by atomic mass is 79.9. The van der Waals surface area contributed by atoms with Crippen molar-refractivity contribution in [3.63, 3.8) is 0 Å². The van der Waals surface area contributed by atoms with Gasteiger partial charge in [0.1, 0.15) is 4.47 Å². The van der Waals surface area contributed by atoms with Gasteiger partial charge in [-0.25, -0.2) is 5.43 Å². The van der Waals surface area contributed by atoms with Crippen LogP contribution in [-0.2, 0) is 11.3 Å². The number of carbonyl (C=O) groups excluding carboxylic acids is 1. The Hall–Kier alpha value is -2.35. The highest BCUT2D eigenvalue weighted by Crippen LogP contribution is 2.26. The molecule has 0 aliphatic rings. The van der Waals surface area contributed by atoms with E-state index >= 15 is 0 Å². The molecule has 1 aromatic carbocycles. The number of nitrogens with one attached hydrogen (secondary N) is 2. The Labute approximate surface area is 148 Å². The Balaban J connectivity index is 2.06. The number of aromatic nitrogens is 2. The van der Waals surface area contributed by atoms with E-state index in [2.05, 4.69) is 31.6 Å². The molecule has 1 aromatic heterocycles. The predicted octanol–water partition coefficient (Wildman–Crippen LogP) is 1.94. The van der Waals surface area contributed by atoms with Crippen molar-refractivity contribution in [3.8, 4) is 11.5 Å². The molecule has 0 bridgehead atoms. The standard InChI is InChI=1S/C16H19BrN4O3/c1-9(12-5-6-13(22)14(7-12)24-4)18-19-15(23)8-21-11(3)16(17)10(2)20-21/h5-7H,8H2,1-4H3,(H2,18,19,22,23)/p+1. The van der Waals surface area contributed by atoms with Gasteiger partial charge in [0, 0.05) is 12.5 Å². The van der Waals surface area contributed by atoms with Crippen molar-refractivity contribution in [3.05, 3.63) is 39.6 Å². The molecule has 1 heterocycles. The second-order valence-corrected chi connectivity index (χ2v) is 6.13. The van der Waals surface area contributed by atoms with Crippen LogP contribution in [0.3, 0.4) is 0 Å². The molecule has 0 atom stereocenters. The van der Waals surface area contributed by atoms with E-state index in [1.54, 1.807) is 23.7 Å². The number of phenols is 1. The van der Waals surface area contributed by atoms with Crippen LogP contribution in [0.1, 0.15) is 23.9 Å². The van der Waals surface area contributed by atoms with Crippen LogP contribution >= 0.6 is 15.9 Å². The Morgan fingerprint density at radius 1 is 1.46 bits per heavy atom. The number of aryl methyl sites for hydroxylation is 1. The Bertz CT molecular complexity index is 799. The Morgan fingerprint density at radius 3 is 2.75 bits per heavy atom. The summed E-state index contributed by atoms with van der Waals surface area (Å²) in [6, 6.07) is 4.88. The van der Waals surface area contributed by atoms with Gasteiger partial charge < -0.3 is 9.84 Å². The number of hydrogen-bond acceptors (Lipinski definition) is 4. The van der Waals surface area contributed by atoms with E-state index in [1.807, 2.05) is 13.8 Å². The van der Waals surface area contributed by atoms with Gasteiger partial charge in [-0.2, -0.15) is 10.2 Å². The number of ether oxygens (including phenoxy) is 1. The first-order chi connectivity index (χ1) is 11.3. The molecule has 0 aliphatic carbocycles. The summed E-state index contributed by atoms with van der Waals surface area (Å²) >= 11 is 3.46. The lowest BCUT2D eigenvalue weighted by atomic mass is 10.1. The number of phenolic OH excluding ortho intramolecular Hbond substituents is 1. The van der Waals surface area contributed by atoms with Gasteiger partial charge in [0.25, 0.3) is 6.54 Å². The average molecular weight is 396 g/mol. The second-order valence-electron chi connectivity index (χ2n) is 5.34. The first kappa shape index (κ1) is 18.0. The molecule has 128 valence electrons. The summed E-state index contributed by atoms with van der Waals surface area (Å²) in [4.78, 5) is 12.1. The molecule has 0 saturated carbocycles. The van der Waals surface area contributed by atoms with Crippen LogP contribution in [0.15, 0.2) is 27.8 Å². The van der Waals surface area contributed by atoms with E-state index in [0.29, 0.717) is 11.5 Å². The van der Waals surface area contributed by atoms with Crippen molar-refractivity contribution in [2.24, 2.45) is 5.10 Å². The maximum Gasteiger partial charge on any atom is 0.308 e. The number of nitrogens with zero attached hydrogens (tertiary/aromatic N) is 2.